The molecule has 4 fully saturated rings. The number of nitrogens with two attached hydrogens (primary N) is 1. The predicted octanol–water partition coefficient (Wildman–Crippen LogP) is 6.54. The molecule has 512 valence electrons. The summed E-state index contributed by atoms with van der Waals surface area (Å²) in [4.78, 5) is 114. The van der Waals surface area contributed by atoms with E-state index in [1.165, 1.54) is 89.6 Å². The number of hydrogen-bond acceptors (Lipinski definition) is 21. The van der Waals surface area contributed by atoms with Crippen LogP contribution in [0.5, 0.6) is 5.75 Å². The minimum atomic E-state index is -1.16. The number of carbonyl (C=O) groups is 8. The van der Waals surface area contributed by atoms with Crippen molar-refractivity contribution in [2.24, 2.45) is 5.73 Å². The Bertz CT molecular complexity index is 3860. The number of carbonyl (C=O) groups excluding carboxylic acids is 6. The van der Waals surface area contributed by atoms with Gasteiger partial charge in [0.15, 0.2) is 0 Å². The summed E-state index contributed by atoms with van der Waals surface area (Å²) in [7, 11) is 0. The lowest BCUT2D eigenvalue weighted by atomic mass is 9.95. The number of alkyl carbamates (subject to hydrolysis) is 1. The number of nitro benzene ring substituents is 1. The largest absolute Gasteiger partial charge is 0.514 e. The number of nitrogens with zero attached hydrogens (tertiary/aromatic N) is 10. The first-order chi connectivity index (χ1) is 46.3. The van der Waals surface area contributed by atoms with Crippen LogP contribution < -0.4 is 26.4 Å². The van der Waals surface area contributed by atoms with E-state index in [1.54, 1.807) is 91.7 Å². The van der Waals surface area contributed by atoms with Gasteiger partial charge in [-0.05, 0) is 81.7 Å². The van der Waals surface area contributed by atoms with Gasteiger partial charge in [0.1, 0.15) is 66.0 Å². The molecule has 7 aromatic rings. The molecule has 4 saturated heterocycles. The quantitative estimate of drug-likeness (QED) is 0.0138. The fourth-order valence-corrected chi connectivity index (χ4v) is 14.2. The number of aliphatic carboxylic acids is 2. The molecule has 29 nitrogen and oxygen atoms in total. The summed E-state index contributed by atoms with van der Waals surface area (Å²) >= 11 is 2.71. The molecule has 5 aromatic carbocycles. The highest BCUT2D eigenvalue weighted by Crippen LogP contribution is 2.52. The summed E-state index contributed by atoms with van der Waals surface area (Å²) in [6, 6.07) is 36.3. The number of nitrogens with one attached hydrogen (secondary N) is 3. The Balaban J connectivity index is 0.000000184. The van der Waals surface area contributed by atoms with E-state index in [-0.39, 0.29) is 35.9 Å². The summed E-state index contributed by atoms with van der Waals surface area (Å²) in [5.74, 6) is -3.89. The third-order valence-corrected chi connectivity index (χ3v) is 19.2. The van der Waals surface area contributed by atoms with E-state index < -0.39 is 98.0 Å². The van der Waals surface area contributed by atoms with Crippen LogP contribution in [0.2, 0.25) is 0 Å². The highest BCUT2D eigenvalue weighted by atomic mass is 32.2. The maximum absolute atomic E-state index is 13.4. The molecular formula is C66H76N14O15S2. The fraction of sp³-hybridized carbons (Fsp3) is 0.364. The Morgan fingerprint density at radius 1 is 0.619 bits per heavy atom. The zero-order valence-corrected chi connectivity index (χ0v) is 55.8. The molecule has 4 aliphatic rings. The van der Waals surface area contributed by atoms with Crippen LogP contribution in [0.4, 0.5) is 15.3 Å². The van der Waals surface area contributed by atoms with Gasteiger partial charge in [-0.2, -0.15) is 0 Å². The van der Waals surface area contributed by atoms with Gasteiger partial charge in [-0.25, -0.2) is 28.5 Å². The number of nitro groups is 1. The van der Waals surface area contributed by atoms with Crippen molar-refractivity contribution in [2.75, 3.05) is 19.6 Å². The molecule has 0 unspecified atom stereocenters. The number of hydrogen-bond donors (Lipinski definition) is 6. The van der Waals surface area contributed by atoms with E-state index in [0.717, 1.165) is 11.1 Å². The molecule has 8 atom stereocenters. The predicted molar refractivity (Wildman–Crippen MR) is 356 cm³/mol. The number of aromatic nitrogens is 6. The Labute approximate surface area is 566 Å². The third kappa shape index (κ3) is 18.2. The van der Waals surface area contributed by atoms with Crippen molar-refractivity contribution in [2.45, 2.75) is 131 Å². The molecule has 7 N–H and O–H groups in total. The molecule has 0 bridgehead atoms. The van der Waals surface area contributed by atoms with Gasteiger partial charge < -0.3 is 60.8 Å². The number of carboxylic acid groups (broad SMARTS) is 2. The number of β-lactam (4-membered cyclic amide) rings is 2. The van der Waals surface area contributed by atoms with Gasteiger partial charge in [0, 0.05) is 21.6 Å². The molecule has 4 aliphatic heterocycles. The van der Waals surface area contributed by atoms with Crippen molar-refractivity contribution < 1.29 is 67.7 Å². The van der Waals surface area contributed by atoms with Gasteiger partial charge in [-0.15, -0.1) is 33.7 Å². The molecule has 0 spiro atoms. The zero-order chi connectivity index (χ0) is 70.1. The van der Waals surface area contributed by atoms with Crippen molar-refractivity contribution in [1.29, 1.82) is 0 Å². The van der Waals surface area contributed by atoms with Crippen molar-refractivity contribution in [3.05, 3.63) is 202 Å². The van der Waals surface area contributed by atoms with Crippen molar-refractivity contribution in [3.63, 3.8) is 0 Å². The van der Waals surface area contributed by atoms with E-state index in [0.29, 0.717) is 35.6 Å². The van der Waals surface area contributed by atoms with Crippen LogP contribution in [0.15, 0.2) is 158 Å². The van der Waals surface area contributed by atoms with Crippen LogP contribution >= 0.6 is 23.5 Å². The van der Waals surface area contributed by atoms with Gasteiger partial charge in [-0.3, -0.25) is 29.3 Å². The number of benzene rings is 5. The van der Waals surface area contributed by atoms with Crippen LogP contribution in [0.3, 0.4) is 0 Å². The standard InChI is InChI=1S/C27H28N6O6S.C17H14N4O5.C16H19N3O4S.C6H15N/c1-27(2)21(25(36)37)33-23(35)20(24(33)40-27)29-22(34)19(17-11-7-4-8-12-17)30-26(38)39-15-18-13-28-31-32(18)14-16-9-5-3-6-10-16;22-17(26-16-8-6-14(7-9-16)21(23)24)25-12-15-10-18-19-20(15)11-13-4-2-1-3-5-13;1-16(2)11(15(22)23)19-13(21)10(14(19)24-16)18-12(20)9(17)8-6-4-3-5-7-8;1-4-7(5-2)6-3/h3-13,19-21,24H,14-15H2,1-2H3,(H,29,34)(H,30,38)(H,36,37);1-10H,11-12H2;3-7,9-11,14H,17H2,1-2H3,(H,18,20)(H,22,23);4-6H2,1-3H3/t19-,20-,21+,24-;;9-,10-,11+,14-;/m1.1./s1. The van der Waals surface area contributed by atoms with E-state index in [9.17, 15) is 58.7 Å². The Morgan fingerprint density at radius 3 is 1.44 bits per heavy atom. The average Bonchev–Trinajstić information content (AvgIpc) is 1.58. The summed E-state index contributed by atoms with van der Waals surface area (Å²) in [6.45, 7) is 18.0. The van der Waals surface area contributed by atoms with E-state index in [4.69, 9.17) is 19.9 Å². The molecule has 0 radical (unpaired) electrons. The first-order valence-electron chi connectivity index (χ1n) is 30.8. The first kappa shape index (κ1) is 72.6. The van der Waals surface area contributed by atoms with Crippen LogP contribution in [0.1, 0.15) is 94.2 Å². The number of non-ortho nitro benzene ring substituents is 1. The summed E-state index contributed by atoms with van der Waals surface area (Å²) in [6.07, 6.45) is 1.23. The van der Waals surface area contributed by atoms with Crippen molar-refractivity contribution >= 4 is 77.0 Å². The van der Waals surface area contributed by atoms with E-state index in [1.807, 2.05) is 66.7 Å². The molecule has 0 aliphatic carbocycles. The highest BCUT2D eigenvalue weighted by Gasteiger charge is 2.65. The molecule has 5 amide bonds. The summed E-state index contributed by atoms with van der Waals surface area (Å²) < 4.78 is 17.3. The lowest BCUT2D eigenvalue weighted by Crippen LogP contribution is -2.71. The molecule has 31 heteroatoms. The maximum Gasteiger partial charge on any atom is 0.514 e. The van der Waals surface area contributed by atoms with Crippen molar-refractivity contribution in [1.82, 2.24) is 60.6 Å². The number of carboxylic acids is 2. The molecule has 2 aromatic heterocycles. The monoisotopic (exact) mass is 1370 g/mol. The van der Waals surface area contributed by atoms with E-state index in [2.05, 4.69) is 62.2 Å². The minimum Gasteiger partial charge on any atom is -0.480 e. The minimum absolute atomic E-state index is 0.0638. The number of ether oxygens (including phenoxy) is 3. The maximum atomic E-state index is 13.4. The first-order valence-corrected chi connectivity index (χ1v) is 32.6. The van der Waals surface area contributed by atoms with Crippen molar-refractivity contribution in [3.8, 4) is 5.75 Å². The van der Waals surface area contributed by atoms with Gasteiger partial charge >= 0.3 is 24.2 Å². The number of thioether (sulfide) groups is 2. The molecule has 11 rings (SSSR count). The zero-order valence-electron chi connectivity index (χ0n) is 54.1. The smallest absolute Gasteiger partial charge is 0.480 e. The van der Waals surface area contributed by atoms with Gasteiger partial charge in [0.25, 0.3) is 5.69 Å². The SMILES string of the molecule is CC1(C)S[C@@H]2[C@H](NC(=O)[C@H](N)c3ccccc3)C(=O)N2[C@H]1C(=O)O.CC1(C)S[C@@H]2[C@H](NC(=O)[C@H](NC(=O)OCc3cnnn3Cc3ccccc3)c3ccccc3)C(=O)N2[C@H]1C(=O)O.CCN(CC)CC.O=C(OCc1cnnn1Cc1ccccc1)Oc1ccc([N+](=O)[O-])cc1. The highest BCUT2D eigenvalue weighted by molar-refractivity contribution is 8.02. The summed E-state index contributed by atoms with van der Waals surface area (Å²) in [5.41, 5.74) is 10.2. The molecule has 0 saturated carbocycles. The number of fused-ring (bicyclic) bond motifs is 2. The lowest BCUT2D eigenvalue weighted by molar-refractivity contribution is -0.384. The second-order valence-electron chi connectivity index (χ2n) is 23.4. The Kier molecular flexibility index (Phi) is 24.7. The number of rotatable bonds is 22. The summed E-state index contributed by atoms with van der Waals surface area (Å²) in [5, 5.41) is 52.4. The van der Waals surface area contributed by atoms with Gasteiger partial charge in [0.2, 0.25) is 23.6 Å². The molecular weight excluding hydrogens is 1290 g/mol. The topological polar surface area (TPSA) is 381 Å². The van der Waals surface area contributed by atoms with Crippen LogP contribution in [-0.4, -0.2) is 172 Å². The van der Waals surface area contributed by atoms with Gasteiger partial charge in [0.05, 0.1) is 41.8 Å². The second-order valence-corrected chi connectivity index (χ2v) is 26.9. The third-order valence-electron chi connectivity index (χ3n) is 16.1. The van der Waals surface area contributed by atoms with Crippen LogP contribution in [0, 0.1) is 10.1 Å². The Hall–Kier alpha value is -10.2. The second kappa shape index (κ2) is 32.9. The van der Waals surface area contributed by atoms with Crippen LogP contribution in [0.25, 0.3) is 0 Å². The fourth-order valence-electron chi connectivity index (χ4n) is 11.0. The Morgan fingerprint density at radius 2 is 1.03 bits per heavy atom. The van der Waals surface area contributed by atoms with Gasteiger partial charge in [-0.1, -0.05) is 153 Å². The van der Waals surface area contributed by atoms with Crippen LogP contribution in [-0.2, 0) is 64.5 Å². The van der Waals surface area contributed by atoms with E-state index >= 15 is 0 Å². The molecule has 97 heavy (non-hydrogen) atoms. The number of amides is 5. The average molecular weight is 1370 g/mol. The normalized spacial score (nSPS) is 19.5. The molecule has 6 heterocycles. The lowest BCUT2D eigenvalue weighted by Gasteiger charge is -2.43.